The quantitative estimate of drug-likeness (QED) is 0.895. The summed E-state index contributed by atoms with van der Waals surface area (Å²) in [5.74, 6) is 2.14. The van der Waals surface area contributed by atoms with Crippen LogP contribution in [-0.2, 0) is 11.8 Å². The van der Waals surface area contributed by atoms with Crippen molar-refractivity contribution >= 4 is 0 Å². The Labute approximate surface area is 128 Å². The van der Waals surface area contributed by atoms with Crippen LogP contribution in [0.1, 0.15) is 50.7 Å². The number of hydrogen-bond donors (Lipinski definition) is 1. The van der Waals surface area contributed by atoms with E-state index < -0.39 is 0 Å². The highest BCUT2D eigenvalue weighted by Crippen LogP contribution is 2.48. The molecule has 1 heterocycles. The molecule has 2 aliphatic carbocycles. The maximum atomic E-state index is 9.89. The topological polar surface area (TPSA) is 23.5 Å². The minimum atomic E-state index is 0.180. The number of hydrogen-bond acceptors (Lipinski definition) is 2. The molecule has 1 saturated heterocycles. The summed E-state index contributed by atoms with van der Waals surface area (Å²) in [6.07, 6.45) is 6.75. The van der Waals surface area contributed by atoms with E-state index in [9.17, 15) is 5.11 Å². The van der Waals surface area contributed by atoms with Gasteiger partial charge in [-0.15, -0.1) is 0 Å². The van der Waals surface area contributed by atoms with Crippen LogP contribution < -0.4 is 0 Å². The number of likely N-dealkylation sites (tertiary alicyclic amines) is 1. The van der Waals surface area contributed by atoms with Gasteiger partial charge in [-0.3, -0.25) is 4.90 Å². The number of benzene rings is 1. The molecular weight excluding hydrogens is 258 g/mol. The summed E-state index contributed by atoms with van der Waals surface area (Å²) in [6, 6.07) is 6.76. The van der Waals surface area contributed by atoms with Gasteiger partial charge in [-0.2, -0.15) is 0 Å². The highest BCUT2D eigenvalue weighted by molar-refractivity contribution is 5.43. The van der Waals surface area contributed by atoms with Crippen molar-refractivity contribution in [3.63, 3.8) is 0 Å². The van der Waals surface area contributed by atoms with Gasteiger partial charge in [0.15, 0.2) is 0 Å². The first-order chi connectivity index (χ1) is 10.1. The molecule has 114 valence electrons. The molecule has 0 unspecified atom stereocenters. The van der Waals surface area contributed by atoms with Crippen molar-refractivity contribution in [2.45, 2.75) is 57.4 Å². The monoisotopic (exact) mass is 285 g/mol. The first-order valence-electron chi connectivity index (χ1n) is 8.62. The van der Waals surface area contributed by atoms with Crippen molar-refractivity contribution in [1.82, 2.24) is 4.90 Å². The van der Waals surface area contributed by atoms with Gasteiger partial charge in [-0.05, 0) is 79.2 Å². The smallest absolute Gasteiger partial charge is 0.115 e. The number of piperidine rings is 1. The number of fused-ring (bicyclic) bond motifs is 2. The van der Waals surface area contributed by atoms with Crippen LogP contribution in [-0.4, -0.2) is 29.1 Å². The van der Waals surface area contributed by atoms with Crippen LogP contribution in [0.15, 0.2) is 18.2 Å². The standard InChI is InChI=1S/C19H27NO/c1-19(2)16-4-3-9-20(12-13-5-6-13)18(16)10-14-7-8-15(21)11-17(14)19/h7-8,11,13,16,18,21H,3-6,9-10,12H2,1-2H3/t16-,18-/m1/s1. The van der Waals surface area contributed by atoms with Crippen molar-refractivity contribution in [1.29, 1.82) is 0 Å². The molecule has 1 aliphatic heterocycles. The first kappa shape index (κ1) is 13.6. The number of phenolic OH excluding ortho intramolecular Hbond substituents is 1. The predicted octanol–water partition coefficient (Wildman–Crippen LogP) is 3.72. The van der Waals surface area contributed by atoms with E-state index in [-0.39, 0.29) is 5.41 Å². The number of phenols is 1. The Balaban J connectivity index is 1.70. The summed E-state index contributed by atoms with van der Waals surface area (Å²) < 4.78 is 0. The zero-order valence-electron chi connectivity index (χ0n) is 13.3. The molecule has 1 N–H and O–H groups in total. The average Bonchev–Trinajstić information content (AvgIpc) is 3.25. The maximum Gasteiger partial charge on any atom is 0.115 e. The van der Waals surface area contributed by atoms with Crippen LogP contribution in [0.3, 0.4) is 0 Å². The lowest BCUT2D eigenvalue weighted by Crippen LogP contribution is -2.55. The minimum absolute atomic E-state index is 0.180. The van der Waals surface area contributed by atoms with E-state index in [1.165, 1.54) is 56.3 Å². The highest BCUT2D eigenvalue weighted by Gasteiger charge is 2.46. The molecule has 1 aromatic carbocycles. The van der Waals surface area contributed by atoms with E-state index in [0.717, 1.165) is 11.8 Å². The lowest BCUT2D eigenvalue weighted by atomic mass is 9.60. The summed E-state index contributed by atoms with van der Waals surface area (Å²) in [6.45, 7) is 7.40. The van der Waals surface area contributed by atoms with E-state index in [2.05, 4.69) is 24.8 Å². The molecule has 4 rings (SSSR count). The molecule has 21 heavy (non-hydrogen) atoms. The molecule has 0 aromatic heterocycles. The Morgan fingerprint density at radius 1 is 1.24 bits per heavy atom. The average molecular weight is 285 g/mol. The number of nitrogens with zero attached hydrogens (tertiary/aromatic N) is 1. The van der Waals surface area contributed by atoms with Crippen molar-refractivity contribution in [3.05, 3.63) is 29.3 Å². The molecular formula is C19H27NO. The largest absolute Gasteiger partial charge is 0.508 e. The third-order valence-electron chi connectivity index (χ3n) is 6.23. The second kappa shape index (κ2) is 4.74. The van der Waals surface area contributed by atoms with Gasteiger partial charge in [0.25, 0.3) is 0 Å². The third-order valence-corrected chi connectivity index (χ3v) is 6.23. The van der Waals surface area contributed by atoms with Gasteiger partial charge in [0, 0.05) is 12.6 Å². The van der Waals surface area contributed by atoms with E-state index in [0.29, 0.717) is 11.8 Å². The van der Waals surface area contributed by atoms with Crippen LogP contribution in [0.2, 0.25) is 0 Å². The minimum Gasteiger partial charge on any atom is -0.508 e. The Morgan fingerprint density at radius 2 is 2.05 bits per heavy atom. The molecule has 1 aromatic rings. The summed E-state index contributed by atoms with van der Waals surface area (Å²) >= 11 is 0. The summed E-state index contributed by atoms with van der Waals surface area (Å²) in [4.78, 5) is 2.80. The lowest BCUT2D eigenvalue weighted by molar-refractivity contribution is 0.0408. The number of rotatable bonds is 2. The maximum absolute atomic E-state index is 9.89. The molecule has 0 amide bonds. The van der Waals surface area contributed by atoms with Crippen LogP contribution in [0, 0.1) is 11.8 Å². The Kier molecular flexibility index (Phi) is 3.08. The molecule has 2 nitrogen and oxygen atoms in total. The highest BCUT2D eigenvalue weighted by atomic mass is 16.3. The Morgan fingerprint density at radius 3 is 2.81 bits per heavy atom. The molecule has 2 heteroatoms. The van der Waals surface area contributed by atoms with Gasteiger partial charge in [-0.25, -0.2) is 0 Å². The molecule has 0 spiro atoms. The van der Waals surface area contributed by atoms with E-state index in [4.69, 9.17) is 0 Å². The normalized spacial score (nSPS) is 31.5. The molecule has 1 saturated carbocycles. The Hall–Kier alpha value is -1.02. The van der Waals surface area contributed by atoms with Crippen LogP contribution >= 0.6 is 0 Å². The van der Waals surface area contributed by atoms with Gasteiger partial charge in [0.05, 0.1) is 0 Å². The summed E-state index contributed by atoms with van der Waals surface area (Å²) in [7, 11) is 0. The van der Waals surface area contributed by atoms with Crippen LogP contribution in [0.25, 0.3) is 0 Å². The summed E-state index contributed by atoms with van der Waals surface area (Å²) in [5, 5.41) is 9.89. The zero-order valence-corrected chi connectivity index (χ0v) is 13.3. The SMILES string of the molecule is CC1(C)c2cc(O)ccc2C[C@@H]2[C@H]1CCCN2CC1CC1. The second-order valence-electron chi connectivity index (χ2n) is 8.02. The van der Waals surface area contributed by atoms with Crippen LogP contribution in [0.4, 0.5) is 0 Å². The molecule has 0 bridgehead atoms. The second-order valence-corrected chi connectivity index (χ2v) is 8.02. The van der Waals surface area contributed by atoms with Gasteiger partial charge >= 0.3 is 0 Å². The van der Waals surface area contributed by atoms with Gasteiger partial charge in [0.2, 0.25) is 0 Å². The fraction of sp³-hybridized carbons (Fsp3) is 0.684. The van der Waals surface area contributed by atoms with E-state index >= 15 is 0 Å². The van der Waals surface area contributed by atoms with Gasteiger partial charge in [0.1, 0.15) is 5.75 Å². The van der Waals surface area contributed by atoms with Crippen molar-refractivity contribution in [2.24, 2.45) is 11.8 Å². The fourth-order valence-corrected chi connectivity index (χ4v) is 4.87. The first-order valence-corrected chi connectivity index (χ1v) is 8.62. The molecule has 0 radical (unpaired) electrons. The van der Waals surface area contributed by atoms with Crippen molar-refractivity contribution < 1.29 is 5.11 Å². The molecule has 2 fully saturated rings. The third kappa shape index (κ3) is 2.28. The summed E-state index contributed by atoms with van der Waals surface area (Å²) in [5.41, 5.74) is 3.03. The van der Waals surface area contributed by atoms with Crippen molar-refractivity contribution in [3.8, 4) is 5.75 Å². The molecule has 2 atom stereocenters. The van der Waals surface area contributed by atoms with E-state index in [1.54, 1.807) is 0 Å². The lowest BCUT2D eigenvalue weighted by Gasteiger charge is -2.52. The van der Waals surface area contributed by atoms with E-state index in [1.807, 2.05) is 12.1 Å². The van der Waals surface area contributed by atoms with Gasteiger partial charge < -0.3 is 5.11 Å². The molecule has 3 aliphatic rings. The predicted molar refractivity (Wildman–Crippen MR) is 85.6 cm³/mol. The Bertz CT molecular complexity index is 546. The van der Waals surface area contributed by atoms with Gasteiger partial charge in [-0.1, -0.05) is 19.9 Å². The fourth-order valence-electron chi connectivity index (χ4n) is 4.87. The number of aromatic hydroxyl groups is 1. The van der Waals surface area contributed by atoms with Crippen LogP contribution in [0.5, 0.6) is 5.75 Å². The zero-order chi connectivity index (χ0) is 14.6. The van der Waals surface area contributed by atoms with Crippen molar-refractivity contribution in [2.75, 3.05) is 13.1 Å².